The van der Waals surface area contributed by atoms with E-state index >= 15 is 0 Å². The van der Waals surface area contributed by atoms with E-state index in [1.165, 1.54) is 16.7 Å². The van der Waals surface area contributed by atoms with Gasteiger partial charge in [0.15, 0.2) is 5.96 Å². The molecule has 2 aromatic carbocycles. The standard InChI is InChI=1S/C27H39N5O.HI/c1-2-28-27(32-18-16-31(17-19-32)21-24-6-4-3-5-7-24)29-20-23-8-10-25(11-9-23)22-30-14-12-26(33)13-15-30;/h3-11,26,33H,2,12-22H2,1H3,(H,28,29);1H. The van der Waals surface area contributed by atoms with Crippen molar-refractivity contribution in [2.24, 2.45) is 4.99 Å². The molecule has 0 unspecified atom stereocenters. The lowest BCUT2D eigenvalue weighted by Crippen LogP contribution is -2.52. The van der Waals surface area contributed by atoms with Crippen LogP contribution in [0.25, 0.3) is 0 Å². The highest BCUT2D eigenvalue weighted by Gasteiger charge is 2.20. The van der Waals surface area contributed by atoms with Gasteiger partial charge in [-0.2, -0.15) is 0 Å². The molecule has 0 aromatic heterocycles. The fraction of sp³-hybridized carbons (Fsp3) is 0.519. The second kappa shape index (κ2) is 14.0. The number of nitrogens with one attached hydrogen (secondary N) is 1. The molecular formula is C27H40IN5O. The largest absolute Gasteiger partial charge is 0.393 e. The van der Waals surface area contributed by atoms with Crippen LogP contribution in [-0.2, 0) is 19.6 Å². The van der Waals surface area contributed by atoms with Crippen molar-refractivity contribution in [3.8, 4) is 0 Å². The van der Waals surface area contributed by atoms with E-state index in [0.717, 1.165) is 77.7 Å². The van der Waals surface area contributed by atoms with Crippen LogP contribution < -0.4 is 5.32 Å². The van der Waals surface area contributed by atoms with Gasteiger partial charge in [0, 0.05) is 58.9 Å². The highest BCUT2D eigenvalue weighted by atomic mass is 127. The second-order valence-corrected chi connectivity index (χ2v) is 9.24. The van der Waals surface area contributed by atoms with E-state index in [0.29, 0.717) is 6.54 Å². The van der Waals surface area contributed by atoms with Crippen molar-refractivity contribution in [1.29, 1.82) is 0 Å². The molecule has 0 amide bonds. The minimum atomic E-state index is -0.112. The highest BCUT2D eigenvalue weighted by Crippen LogP contribution is 2.15. The van der Waals surface area contributed by atoms with Crippen LogP contribution in [0.15, 0.2) is 59.6 Å². The van der Waals surface area contributed by atoms with E-state index in [9.17, 15) is 5.11 Å². The minimum absolute atomic E-state index is 0. The van der Waals surface area contributed by atoms with Crippen LogP contribution in [0.3, 0.4) is 0 Å². The average Bonchev–Trinajstić information content (AvgIpc) is 2.85. The van der Waals surface area contributed by atoms with E-state index in [2.05, 4.69) is 81.5 Å². The van der Waals surface area contributed by atoms with Gasteiger partial charge in [0.05, 0.1) is 12.6 Å². The molecule has 2 aliphatic heterocycles. The summed E-state index contributed by atoms with van der Waals surface area (Å²) >= 11 is 0. The van der Waals surface area contributed by atoms with Gasteiger partial charge in [-0.05, 0) is 36.5 Å². The number of aliphatic hydroxyl groups excluding tert-OH is 1. The van der Waals surface area contributed by atoms with Crippen LogP contribution in [0.1, 0.15) is 36.5 Å². The Bertz CT molecular complexity index is 860. The Morgan fingerprint density at radius 3 is 2.00 bits per heavy atom. The normalized spacial score (nSPS) is 18.5. The quantitative estimate of drug-likeness (QED) is 0.300. The van der Waals surface area contributed by atoms with Gasteiger partial charge in [-0.1, -0.05) is 54.6 Å². The van der Waals surface area contributed by atoms with Gasteiger partial charge in [-0.25, -0.2) is 4.99 Å². The van der Waals surface area contributed by atoms with Crippen LogP contribution in [0, 0.1) is 0 Å². The first-order valence-electron chi connectivity index (χ1n) is 12.5. The SMILES string of the molecule is CCNC(=NCc1ccc(CN2CCC(O)CC2)cc1)N1CCN(Cc2ccccc2)CC1.I. The van der Waals surface area contributed by atoms with E-state index in [1.54, 1.807) is 0 Å². The maximum absolute atomic E-state index is 9.69. The van der Waals surface area contributed by atoms with Crippen LogP contribution in [-0.4, -0.2) is 77.7 Å². The molecule has 0 saturated carbocycles. The van der Waals surface area contributed by atoms with E-state index in [4.69, 9.17) is 4.99 Å². The third-order valence-corrected chi connectivity index (χ3v) is 6.65. The Morgan fingerprint density at radius 1 is 0.824 bits per heavy atom. The first kappa shape index (κ1) is 26.9. The summed E-state index contributed by atoms with van der Waals surface area (Å²) in [5.74, 6) is 1.02. The Kier molecular flexibility index (Phi) is 11.1. The van der Waals surface area contributed by atoms with Crippen molar-refractivity contribution in [3.05, 3.63) is 71.3 Å². The summed E-state index contributed by atoms with van der Waals surface area (Å²) in [5.41, 5.74) is 3.96. The number of hydrogen-bond donors (Lipinski definition) is 2. The number of aliphatic imine (C=N–C) groups is 1. The van der Waals surface area contributed by atoms with E-state index in [-0.39, 0.29) is 30.1 Å². The Hall–Kier alpha value is -1.68. The summed E-state index contributed by atoms with van der Waals surface area (Å²) in [5, 5.41) is 13.2. The predicted molar refractivity (Wildman–Crippen MR) is 150 cm³/mol. The number of rotatable bonds is 7. The van der Waals surface area contributed by atoms with Crippen molar-refractivity contribution in [3.63, 3.8) is 0 Å². The average molecular weight is 578 g/mol. The summed E-state index contributed by atoms with van der Waals surface area (Å²) in [4.78, 5) is 12.3. The van der Waals surface area contributed by atoms with Crippen molar-refractivity contribution in [2.75, 3.05) is 45.8 Å². The fourth-order valence-corrected chi connectivity index (χ4v) is 4.64. The first-order chi connectivity index (χ1) is 16.2. The number of nitrogens with zero attached hydrogens (tertiary/aromatic N) is 4. The van der Waals surface area contributed by atoms with E-state index in [1.807, 2.05) is 0 Å². The summed E-state index contributed by atoms with van der Waals surface area (Å²) in [6, 6.07) is 19.6. The van der Waals surface area contributed by atoms with Crippen LogP contribution >= 0.6 is 24.0 Å². The molecule has 2 aromatic rings. The topological polar surface area (TPSA) is 54.3 Å². The Balaban J connectivity index is 0.00000324. The zero-order valence-electron chi connectivity index (χ0n) is 20.4. The second-order valence-electron chi connectivity index (χ2n) is 9.24. The maximum Gasteiger partial charge on any atom is 0.194 e. The van der Waals surface area contributed by atoms with Gasteiger partial charge < -0.3 is 15.3 Å². The molecule has 34 heavy (non-hydrogen) atoms. The molecule has 4 rings (SSSR count). The molecule has 2 N–H and O–H groups in total. The Labute approximate surface area is 222 Å². The number of benzene rings is 2. The highest BCUT2D eigenvalue weighted by molar-refractivity contribution is 14.0. The predicted octanol–water partition coefficient (Wildman–Crippen LogP) is 3.54. The number of hydrogen-bond acceptors (Lipinski definition) is 4. The molecule has 186 valence electrons. The molecule has 0 atom stereocenters. The molecule has 0 aliphatic carbocycles. The lowest BCUT2D eigenvalue weighted by atomic mass is 10.1. The van der Waals surface area contributed by atoms with Crippen molar-refractivity contribution >= 4 is 29.9 Å². The molecule has 2 fully saturated rings. The minimum Gasteiger partial charge on any atom is -0.393 e. The first-order valence-corrected chi connectivity index (χ1v) is 12.5. The van der Waals surface area contributed by atoms with Gasteiger partial charge >= 0.3 is 0 Å². The van der Waals surface area contributed by atoms with Gasteiger partial charge in [0.2, 0.25) is 0 Å². The van der Waals surface area contributed by atoms with Crippen LogP contribution in [0.4, 0.5) is 0 Å². The maximum atomic E-state index is 9.69. The van der Waals surface area contributed by atoms with Crippen molar-refractivity contribution < 1.29 is 5.11 Å². The van der Waals surface area contributed by atoms with E-state index < -0.39 is 0 Å². The van der Waals surface area contributed by atoms with Gasteiger partial charge in [-0.15, -0.1) is 24.0 Å². The van der Waals surface area contributed by atoms with Gasteiger partial charge in [0.1, 0.15) is 0 Å². The summed E-state index contributed by atoms with van der Waals surface area (Å²) in [6.07, 6.45) is 1.67. The molecule has 7 heteroatoms. The molecule has 0 spiro atoms. The third kappa shape index (κ3) is 8.22. The Morgan fingerprint density at radius 2 is 1.38 bits per heavy atom. The molecule has 6 nitrogen and oxygen atoms in total. The summed E-state index contributed by atoms with van der Waals surface area (Å²) in [6.45, 7) is 11.8. The van der Waals surface area contributed by atoms with Crippen molar-refractivity contribution in [2.45, 2.75) is 45.5 Å². The number of piperidine rings is 1. The monoisotopic (exact) mass is 577 g/mol. The molecular weight excluding hydrogens is 537 g/mol. The smallest absolute Gasteiger partial charge is 0.194 e. The lowest BCUT2D eigenvalue weighted by Gasteiger charge is -2.36. The number of likely N-dealkylation sites (tertiary alicyclic amines) is 1. The number of aliphatic hydroxyl groups is 1. The van der Waals surface area contributed by atoms with Gasteiger partial charge in [0.25, 0.3) is 0 Å². The number of guanidine groups is 1. The number of halogens is 1. The van der Waals surface area contributed by atoms with Crippen LogP contribution in [0.2, 0.25) is 0 Å². The van der Waals surface area contributed by atoms with Crippen molar-refractivity contribution in [1.82, 2.24) is 20.0 Å². The third-order valence-electron chi connectivity index (χ3n) is 6.65. The molecule has 2 heterocycles. The molecule has 2 aliphatic rings. The zero-order chi connectivity index (χ0) is 22.9. The summed E-state index contributed by atoms with van der Waals surface area (Å²) < 4.78 is 0. The molecule has 0 bridgehead atoms. The number of piperazine rings is 1. The summed E-state index contributed by atoms with van der Waals surface area (Å²) in [7, 11) is 0. The lowest BCUT2D eigenvalue weighted by molar-refractivity contribution is 0.0792. The molecule has 2 saturated heterocycles. The van der Waals surface area contributed by atoms with Crippen LogP contribution in [0.5, 0.6) is 0 Å². The van der Waals surface area contributed by atoms with Gasteiger partial charge in [-0.3, -0.25) is 9.80 Å². The molecule has 0 radical (unpaired) electrons. The zero-order valence-corrected chi connectivity index (χ0v) is 22.7. The fourth-order valence-electron chi connectivity index (χ4n) is 4.64.